The lowest BCUT2D eigenvalue weighted by Crippen LogP contribution is -2.34. The number of pyridine rings is 1. The average Bonchev–Trinajstić information content (AvgIpc) is 2.29. The number of rotatable bonds is 3. The van der Waals surface area contributed by atoms with Gasteiger partial charge in [0.15, 0.2) is 18.5 Å². The van der Waals surface area contributed by atoms with Gasteiger partial charge in [0.05, 0.1) is 5.56 Å². The topological polar surface area (TPSA) is 20.9 Å². The molecule has 2 aromatic rings. The minimum absolute atomic E-state index is 0.0922. The third-order valence-corrected chi connectivity index (χ3v) is 2.60. The number of carbonyl (C=O) groups is 1. The number of allylic oxidation sites excluding steroid dienone is 1. The highest BCUT2D eigenvalue weighted by molar-refractivity contribution is 6.04. The molecule has 0 aliphatic carbocycles. The number of ketones is 1. The third-order valence-electron chi connectivity index (χ3n) is 2.60. The van der Waals surface area contributed by atoms with Gasteiger partial charge in [-0.05, 0) is 31.2 Å². The monoisotopic (exact) mass is 212 g/mol. The van der Waals surface area contributed by atoms with E-state index in [4.69, 9.17) is 0 Å². The molecule has 16 heavy (non-hydrogen) atoms. The molecule has 0 atom stereocenters. The molecule has 0 unspecified atom stereocenters. The molecule has 1 heterocycles. The summed E-state index contributed by atoms with van der Waals surface area (Å²) in [4.78, 5) is 11.6. The van der Waals surface area contributed by atoms with E-state index in [1.807, 2.05) is 47.2 Å². The predicted molar refractivity (Wildman–Crippen MR) is 64.3 cm³/mol. The fraction of sp³-hybridized carbons (Fsp3) is 0.143. The van der Waals surface area contributed by atoms with Crippen molar-refractivity contribution in [1.29, 1.82) is 0 Å². The van der Waals surface area contributed by atoms with Crippen LogP contribution in [-0.2, 0) is 6.54 Å². The first-order valence-corrected chi connectivity index (χ1v) is 5.27. The Bertz CT molecular complexity index is 552. The Balaban J connectivity index is 2.81. The van der Waals surface area contributed by atoms with E-state index < -0.39 is 0 Å². The van der Waals surface area contributed by atoms with Crippen molar-refractivity contribution >= 4 is 16.7 Å². The number of benzene rings is 1. The summed E-state index contributed by atoms with van der Waals surface area (Å²) in [6.07, 6.45) is 3.80. The summed E-state index contributed by atoms with van der Waals surface area (Å²) in [5.41, 5.74) is 1.75. The highest BCUT2D eigenvalue weighted by Gasteiger charge is 2.14. The van der Waals surface area contributed by atoms with Crippen LogP contribution in [0.5, 0.6) is 0 Å². The molecule has 0 N–H and O–H groups in total. The second-order valence-electron chi connectivity index (χ2n) is 3.75. The van der Waals surface area contributed by atoms with Crippen LogP contribution in [0.1, 0.15) is 17.3 Å². The van der Waals surface area contributed by atoms with Crippen molar-refractivity contribution in [2.75, 3.05) is 0 Å². The van der Waals surface area contributed by atoms with Crippen LogP contribution < -0.4 is 4.57 Å². The van der Waals surface area contributed by atoms with Gasteiger partial charge in [-0.15, -0.1) is 0 Å². The molecule has 1 aromatic heterocycles. The first kappa shape index (κ1) is 10.6. The van der Waals surface area contributed by atoms with Crippen LogP contribution >= 0.6 is 0 Å². The Kier molecular flexibility index (Phi) is 2.82. The molecule has 2 heteroatoms. The summed E-state index contributed by atoms with van der Waals surface area (Å²) >= 11 is 0. The molecule has 0 bridgehead atoms. The van der Waals surface area contributed by atoms with Gasteiger partial charge in [-0.3, -0.25) is 4.79 Å². The van der Waals surface area contributed by atoms with Crippen molar-refractivity contribution in [2.45, 2.75) is 13.5 Å². The van der Waals surface area contributed by atoms with Gasteiger partial charge in [0.25, 0.3) is 0 Å². The SMILES string of the molecule is C=CC[n+]1cccc2cccc(C(C)=O)c21. The van der Waals surface area contributed by atoms with Crippen LogP contribution in [0.4, 0.5) is 0 Å². The molecule has 0 spiro atoms. The quantitative estimate of drug-likeness (QED) is 0.435. The fourth-order valence-corrected chi connectivity index (χ4v) is 1.92. The molecule has 0 radical (unpaired) electrons. The van der Waals surface area contributed by atoms with Crippen molar-refractivity contribution in [3.63, 3.8) is 0 Å². The summed E-state index contributed by atoms with van der Waals surface area (Å²) in [5.74, 6) is 0.0922. The summed E-state index contributed by atoms with van der Waals surface area (Å²) in [5, 5.41) is 1.08. The van der Waals surface area contributed by atoms with Gasteiger partial charge in [0, 0.05) is 11.5 Å². The van der Waals surface area contributed by atoms with Crippen molar-refractivity contribution in [3.8, 4) is 0 Å². The number of fused-ring (bicyclic) bond motifs is 1. The lowest BCUT2D eigenvalue weighted by atomic mass is 10.1. The number of carbonyl (C=O) groups excluding carboxylic acids is 1. The van der Waals surface area contributed by atoms with Gasteiger partial charge in [-0.1, -0.05) is 12.6 Å². The largest absolute Gasteiger partial charge is 0.294 e. The van der Waals surface area contributed by atoms with E-state index in [0.717, 1.165) is 16.5 Å². The van der Waals surface area contributed by atoms with Crippen LogP contribution in [0.25, 0.3) is 10.9 Å². The van der Waals surface area contributed by atoms with Crippen LogP contribution in [0.2, 0.25) is 0 Å². The van der Waals surface area contributed by atoms with Gasteiger partial charge in [-0.25, -0.2) is 0 Å². The van der Waals surface area contributed by atoms with Gasteiger partial charge < -0.3 is 0 Å². The van der Waals surface area contributed by atoms with Crippen molar-refractivity contribution in [1.82, 2.24) is 0 Å². The Morgan fingerprint density at radius 3 is 2.81 bits per heavy atom. The minimum Gasteiger partial charge on any atom is -0.294 e. The predicted octanol–water partition coefficient (Wildman–Crippen LogP) is 2.52. The Morgan fingerprint density at radius 1 is 1.38 bits per heavy atom. The first-order chi connectivity index (χ1) is 7.74. The lowest BCUT2D eigenvalue weighted by Gasteiger charge is -2.02. The fourth-order valence-electron chi connectivity index (χ4n) is 1.92. The highest BCUT2D eigenvalue weighted by atomic mass is 16.1. The number of aromatic nitrogens is 1. The number of nitrogens with zero attached hydrogens (tertiary/aromatic N) is 1. The molecule has 0 aliphatic heterocycles. The number of hydrogen-bond donors (Lipinski definition) is 0. The molecule has 0 amide bonds. The maximum absolute atomic E-state index is 11.6. The molecule has 1 aromatic carbocycles. The lowest BCUT2D eigenvalue weighted by molar-refractivity contribution is -0.661. The second kappa shape index (κ2) is 4.27. The molecule has 0 aliphatic rings. The number of Topliss-reactive ketones (excluding diaryl/α,β-unsaturated/α-hetero) is 1. The summed E-state index contributed by atoms with van der Waals surface area (Å²) in [7, 11) is 0. The zero-order valence-corrected chi connectivity index (χ0v) is 9.31. The van der Waals surface area contributed by atoms with E-state index in [1.54, 1.807) is 6.92 Å². The maximum atomic E-state index is 11.6. The molecular weight excluding hydrogens is 198 g/mol. The van der Waals surface area contributed by atoms with E-state index in [-0.39, 0.29) is 5.78 Å². The summed E-state index contributed by atoms with van der Waals surface area (Å²) in [6.45, 7) is 6.04. The zero-order chi connectivity index (χ0) is 11.5. The van der Waals surface area contributed by atoms with E-state index in [0.29, 0.717) is 6.54 Å². The summed E-state index contributed by atoms with van der Waals surface area (Å²) in [6, 6.07) is 9.79. The van der Waals surface area contributed by atoms with Gasteiger partial charge in [0.2, 0.25) is 5.52 Å². The van der Waals surface area contributed by atoms with E-state index >= 15 is 0 Å². The molecule has 80 valence electrons. The minimum atomic E-state index is 0.0922. The third kappa shape index (κ3) is 1.74. The van der Waals surface area contributed by atoms with E-state index in [2.05, 4.69) is 6.58 Å². The van der Waals surface area contributed by atoms with Crippen LogP contribution in [0, 0.1) is 0 Å². The Hall–Kier alpha value is -1.96. The maximum Gasteiger partial charge on any atom is 0.223 e. The average molecular weight is 212 g/mol. The van der Waals surface area contributed by atoms with E-state index in [1.165, 1.54) is 0 Å². The standard InChI is InChI=1S/C14H14NO/c1-3-9-15-10-5-7-12-6-4-8-13(11(2)16)14(12)15/h3-8,10H,1,9H2,2H3/q+1. The number of hydrogen-bond acceptors (Lipinski definition) is 1. The van der Waals surface area contributed by atoms with Gasteiger partial charge in [0.1, 0.15) is 0 Å². The van der Waals surface area contributed by atoms with Crippen LogP contribution in [0.15, 0.2) is 49.2 Å². The van der Waals surface area contributed by atoms with Crippen molar-refractivity contribution in [3.05, 3.63) is 54.7 Å². The van der Waals surface area contributed by atoms with Gasteiger partial charge in [-0.2, -0.15) is 4.57 Å². The summed E-state index contributed by atoms with van der Waals surface area (Å²) < 4.78 is 2.04. The second-order valence-corrected chi connectivity index (χ2v) is 3.75. The molecule has 0 fully saturated rings. The normalized spacial score (nSPS) is 10.3. The Labute approximate surface area is 94.8 Å². The zero-order valence-electron chi connectivity index (χ0n) is 9.31. The first-order valence-electron chi connectivity index (χ1n) is 5.27. The molecule has 2 rings (SSSR count). The van der Waals surface area contributed by atoms with Crippen molar-refractivity contribution < 1.29 is 9.36 Å². The van der Waals surface area contributed by atoms with Crippen LogP contribution in [-0.4, -0.2) is 5.78 Å². The smallest absolute Gasteiger partial charge is 0.223 e. The highest BCUT2D eigenvalue weighted by Crippen LogP contribution is 2.15. The molecule has 2 nitrogen and oxygen atoms in total. The molecule has 0 saturated heterocycles. The van der Waals surface area contributed by atoms with Crippen LogP contribution in [0.3, 0.4) is 0 Å². The molecular formula is C14H14NO+. The Morgan fingerprint density at radius 2 is 2.12 bits per heavy atom. The van der Waals surface area contributed by atoms with Crippen molar-refractivity contribution in [2.24, 2.45) is 0 Å². The van der Waals surface area contributed by atoms with E-state index in [9.17, 15) is 4.79 Å². The molecule has 0 saturated carbocycles. The van der Waals surface area contributed by atoms with Gasteiger partial charge >= 0.3 is 0 Å². The number of para-hydroxylation sites is 1.